The first-order valence-electron chi connectivity index (χ1n) is 6.22. The predicted molar refractivity (Wildman–Crippen MR) is 66.6 cm³/mol. The predicted octanol–water partition coefficient (Wildman–Crippen LogP) is 1.90. The maximum absolute atomic E-state index is 10.4. The monoisotopic (exact) mass is 251 g/mol. The van der Waals surface area contributed by atoms with Crippen molar-refractivity contribution in [1.82, 2.24) is 10.3 Å². The summed E-state index contributed by atoms with van der Waals surface area (Å²) in [6.07, 6.45) is 5.87. The molecule has 2 rings (SSSR count). The van der Waals surface area contributed by atoms with Gasteiger partial charge in [0.15, 0.2) is 0 Å². The van der Waals surface area contributed by atoms with E-state index in [1.165, 1.54) is 37.6 Å². The molecule has 1 aliphatic rings. The average Bonchev–Trinajstić information content (AvgIpc) is 2.40. The lowest BCUT2D eigenvalue weighted by atomic mass is 10.0. The molecule has 98 valence electrons. The van der Waals surface area contributed by atoms with Gasteiger partial charge in [0.1, 0.15) is 6.20 Å². The summed E-state index contributed by atoms with van der Waals surface area (Å²) < 4.78 is 5.47. The molecule has 1 aromatic rings. The fourth-order valence-corrected chi connectivity index (χ4v) is 2.04. The third-order valence-electron chi connectivity index (χ3n) is 3.06. The number of pyridine rings is 1. The Morgan fingerprint density at radius 1 is 1.50 bits per heavy atom. The van der Waals surface area contributed by atoms with Crippen LogP contribution in [0.3, 0.4) is 0 Å². The van der Waals surface area contributed by atoms with Gasteiger partial charge in [0.2, 0.25) is 5.88 Å². The van der Waals surface area contributed by atoms with E-state index in [0.29, 0.717) is 18.5 Å². The summed E-state index contributed by atoms with van der Waals surface area (Å²) in [7, 11) is 0. The Bertz CT molecular complexity index is 388. The number of nitrogens with one attached hydrogen (secondary N) is 1. The smallest absolute Gasteiger partial charge is 0.287 e. The molecule has 6 heteroatoms. The minimum atomic E-state index is -0.470. The van der Waals surface area contributed by atoms with Gasteiger partial charge in [-0.1, -0.05) is 6.42 Å². The summed E-state index contributed by atoms with van der Waals surface area (Å²) in [5.41, 5.74) is -0.0173. The Kier molecular flexibility index (Phi) is 4.46. The van der Waals surface area contributed by atoms with E-state index in [0.717, 1.165) is 13.0 Å². The molecule has 0 amide bonds. The number of nitro groups is 1. The second kappa shape index (κ2) is 6.30. The van der Waals surface area contributed by atoms with Gasteiger partial charge in [-0.25, -0.2) is 4.98 Å². The van der Waals surface area contributed by atoms with E-state index in [2.05, 4.69) is 10.3 Å². The fourth-order valence-electron chi connectivity index (χ4n) is 2.04. The maximum Gasteiger partial charge on any atom is 0.287 e. The molecule has 0 bridgehead atoms. The lowest BCUT2D eigenvalue weighted by Gasteiger charge is -2.23. The molecule has 1 fully saturated rings. The third-order valence-corrected chi connectivity index (χ3v) is 3.06. The number of hydrogen-bond acceptors (Lipinski definition) is 5. The van der Waals surface area contributed by atoms with Crippen molar-refractivity contribution in [3.05, 3.63) is 28.4 Å². The van der Waals surface area contributed by atoms with Gasteiger partial charge in [-0.15, -0.1) is 0 Å². The minimum Gasteiger partial charge on any atom is -0.478 e. The number of rotatable bonds is 5. The van der Waals surface area contributed by atoms with Crippen LogP contribution in [0.2, 0.25) is 0 Å². The van der Waals surface area contributed by atoms with Crippen molar-refractivity contribution < 1.29 is 9.66 Å². The molecule has 1 aliphatic heterocycles. The van der Waals surface area contributed by atoms with Gasteiger partial charge in [-0.3, -0.25) is 10.1 Å². The first-order valence-corrected chi connectivity index (χ1v) is 6.22. The highest BCUT2D eigenvalue weighted by molar-refractivity contribution is 5.28. The first-order chi connectivity index (χ1) is 8.75. The van der Waals surface area contributed by atoms with Crippen LogP contribution in [0.1, 0.15) is 25.7 Å². The van der Waals surface area contributed by atoms with Crippen LogP contribution in [0.5, 0.6) is 5.88 Å². The number of nitrogens with zero attached hydrogens (tertiary/aromatic N) is 2. The van der Waals surface area contributed by atoms with Gasteiger partial charge in [0.05, 0.1) is 11.5 Å². The molecule has 0 aromatic carbocycles. The SMILES string of the molecule is O=[N+]([O-])c1ccc(OCC[C@@H]2CCCCN2)nc1. The summed E-state index contributed by atoms with van der Waals surface area (Å²) in [6, 6.07) is 3.46. The first kappa shape index (κ1) is 12.8. The van der Waals surface area contributed by atoms with Gasteiger partial charge in [0.25, 0.3) is 5.69 Å². The molecule has 0 aliphatic carbocycles. The maximum atomic E-state index is 10.4. The number of aromatic nitrogens is 1. The Balaban J connectivity index is 1.74. The molecule has 18 heavy (non-hydrogen) atoms. The summed E-state index contributed by atoms with van der Waals surface area (Å²) in [5.74, 6) is 0.441. The van der Waals surface area contributed by atoms with E-state index >= 15 is 0 Å². The zero-order valence-electron chi connectivity index (χ0n) is 10.2. The van der Waals surface area contributed by atoms with E-state index in [-0.39, 0.29) is 5.69 Å². The van der Waals surface area contributed by atoms with E-state index in [4.69, 9.17) is 4.74 Å². The molecule has 1 aromatic heterocycles. The van der Waals surface area contributed by atoms with Crippen molar-refractivity contribution in [2.24, 2.45) is 0 Å². The molecule has 0 radical (unpaired) electrons. The molecular formula is C12H17N3O3. The van der Waals surface area contributed by atoms with Crippen LogP contribution in [-0.4, -0.2) is 29.1 Å². The van der Waals surface area contributed by atoms with E-state index in [9.17, 15) is 10.1 Å². The van der Waals surface area contributed by atoms with Gasteiger partial charge in [-0.2, -0.15) is 0 Å². The Labute approximate surface area is 106 Å². The van der Waals surface area contributed by atoms with Crippen LogP contribution in [0.15, 0.2) is 18.3 Å². The summed E-state index contributed by atoms with van der Waals surface area (Å²) in [5, 5.41) is 13.9. The van der Waals surface area contributed by atoms with E-state index < -0.39 is 4.92 Å². The average molecular weight is 251 g/mol. The zero-order valence-corrected chi connectivity index (χ0v) is 10.2. The summed E-state index contributed by atoms with van der Waals surface area (Å²) >= 11 is 0. The second-order valence-electron chi connectivity index (χ2n) is 4.40. The number of ether oxygens (including phenoxy) is 1. The van der Waals surface area contributed by atoms with Gasteiger partial charge >= 0.3 is 0 Å². The Hall–Kier alpha value is -1.69. The summed E-state index contributed by atoms with van der Waals surface area (Å²) in [4.78, 5) is 13.9. The standard InChI is InChI=1S/C12H17N3O3/c16-15(17)11-4-5-12(14-9-11)18-8-6-10-3-1-2-7-13-10/h4-5,9-10,13H,1-3,6-8H2/t10-/m0/s1. The van der Waals surface area contributed by atoms with Crippen molar-refractivity contribution >= 4 is 5.69 Å². The van der Waals surface area contributed by atoms with Crippen LogP contribution < -0.4 is 10.1 Å². The van der Waals surface area contributed by atoms with Crippen LogP contribution in [0, 0.1) is 10.1 Å². The third kappa shape index (κ3) is 3.66. The molecule has 1 N–H and O–H groups in total. The fraction of sp³-hybridized carbons (Fsp3) is 0.583. The van der Waals surface area contributed by atoms with Crippen LogP contribution in [0.4, 0.5) is 5.69 Å². The van der Waals surface area contributed by atoms with Crippen molar-refractivity contribution in [2.75, 3.05) is 13.2 Å². The van der Waals surface area contributed by atoms with Gasteiger partial charge < -0.3 is 10.1 Å². The van der Waals surface area contributed by atoms with Crippen molar-refractivity contribution in [1.29, 1.82) is 0 Å². The van der Waals surface area contributed by atoms with E-state index in [1.807, 2.05) is 0 Å². The van der Waals surface area contributed by atoms with Crippen LogP contribution >= 0.6 is 0 Å². The number of hydrogen-bond donors (Lipinski definition) is 1. The van der Waals surface area contributed by atoms with Crippen molar-refractivity contribution in [2.45, 2.75) is 31.7 Å². The highest BCUT2D eigenvalue weighted by atomic mass is 16.6. The van der Waals surface area contributed by atoms with Gasteiger partial charge in [0, 0.05) is 18.2 Å². The molecule has 0 saturated carbocycles. The lowest BCUT2D eigenvalue weighted by Crippen LogP contribution is -2.35. The van der Waals surface area contributed by atoms with Crippen LogP contribution in [-0.2, 0) is 0 Å². The Morgan fingerprint density at radius 3 is 3.00 bits per heavy atom. The Morgan fingerprint density at radius 2 is 2.39 bits per heavy atom. The molecule has 0 spiro atoms. The molecule has 1 atom stereocenters. The minimum absolute atomic E-state index is 0.0173. The molecule has 0 unspecified atom stereocenters. The normalized spacial score (nSPS) is 19.4. The largest absolute Gasteiger partial charge is 0.478 e. The van der Waals surface area contributed by atoms with Gasteiger partial charge in [-0.05, 0) is 25.8 Å². The summed E-state index contributed by atoms with van der Waals surface area (Å²) in [6.45, 7) is 1.67. The molecule has 6 nitrogen and oxygen atoms in total. The number of piperidine rings is 1. The van der Waals surface area contributed by atoms with E-state index in [1.54, 1.807) is 0 Å². The zero-order chi connectivity index (χ0) is 12.8. The van der Waals surface area contributed by atoms with Crippen molar-refractivity contribution in [3.63, 3.8) is 0 Å². The molecule has 1 saturated heterocycles. The topological polar surface area (TPSA) is 77.3 Å². The highest BCUT2D eigenvalue weighted by Gasteiger charge is 2.12. The molecule has 2 heterocycles. The second-order valence-corrected chi connectivity index (χ2v) is 4.40. The highest BCUT2D eigenvalue weighted by Crippen LogP contribution is 2.15. The lowest BCUT2D eigenvalue weighted by molar-refractivity contribution is -0.385. The van der Waals surface area contributed by atoms with Crippen molar-refractivity contribution in [3.8, 4) is 5.88 Å². The molecular weight excluding hydrogens is 234 g/mol. The quantitative estimate of drug-likeness (QED) is 0.638. The van der Waals surface area contributed by atoms with Crippen LogP contribution in [0.25, 0.3) is 0 Å².